The van der Waals surface area contributed by atoms with Crippen LogP contribution >= 0.6 is 0 Å². The number of aromatic nitrogens is 1. The lowest BCUT2D eigenvalue weighted by Gasteiger charge is -2.06. The van der Waals surface area contributed by atoms with Crippen LogP contribution in [0.25, 0.3) is 0 Å². The van der Waals surface area contributed by atoms with Gasteiger partial charge in [-0.1, -0.05) is 5.16 Å². The lowest BCUT2D eigenvalue weighted by atomic mass is 10.0. The molecule has 1 N–H and O–H groups in total. The highest BCUT2D eigenvalue weighted by Crippen LogP contribution is 2.61. The van der Waals surface area contributed by atoms with E-state index in [-0.39, 0.29) is 12.5 Å². The monoisotopic (exact) mass is 243 g/mol. The summed E-state index contributed by atoms with van der Waals surface area (Å²) in [5.41, 5.74) is 0.340. The first kappa shape index (κ1) is 11.1. The highest BCUT2D eigenvalue weighted by Gasteiger charge is 2.58. The molecular weight excluding hydrogens is 228 g/mol. The zero-order valence-electron chi connectivity index (χ0n) is 9.46. The SMILES string of the molecule is OCc1c(C2CC2(CF)CF)noc1C1CC1. The summed E-state index contributed by atoms with van der Waals surface area (Å²) in [4.78, 5) is 0. The molecule has 5 heteroatoms. The molecule has 1 heterocycles. The second-order valence-electron chi connectivity index (χ2n) is 5.23. The van der Waals surface area contributed by atoms with Crippen LogP contribution in [0.3, 0.4) is 0 Å². The summed E-state index contributed by atoms with van der Waals surface area (Å²) in [6, 6.07) is 0. The number of nitrogens with zero attached hydrogens (tertiary/aromatic N) is 1. The maximum absolute atomic E-state index is 12.8. The normalized spacial score (nSPS) is 26.2. The highest BCUT2D eigenvalue weighted by atomic mass is 19.1. The molecule has 17 heavy (non-hydrogen) atoms. The van der Waals surface area contributed by atoms with Gasteiger partial charge < -0.3 is 9.63 Å². The fraction of sp³-hybridized carbons (Fsp3) is 0.750. The highest BCUT2D eigenvalue weighted by molar-refractivity contribution is 5.35. The molecule has 0 aliphatic heterocycles. The third-order valence-electron chi connectivity index (χ3n) is 4.01. The van der Waals surface area contributed by atoms with Crippen LogP contribution in [0.5, 0.6) is 0 Å². The number of rotatable bonds is 5. The van der Waals surface area contributed by atoms with Crippen molar-refractivity contribution in [1.29, 1.82) is 0 Å². The van der Waals surface area contributed by atoms with Gasteiger partial charge in [-0.25, -0.2) is 0 Å². The quantitative estimate of drug-likeness (QED) is 0.864. The molecule has 1 aromatic rings. The predicted octanol–water partition coefficient (Wildman–Crippen LogP) is 2.46. The second-order valence-corrected chi connectivity index (χ2v) is 5.23. The molecule has 2 saturated carbocycles. The van der Waals surface area contributed by atoms with Gasteiger partial charge in [0.2, 0.25) is 0 Å². The van der Waals surface area contributed by atoms with Crippen molar-refractivity contribution in [3.8, 4) is 0 Å². The Morgan fingerprint density at radius 1 is 1.35 bits per heavy atom. The van der Waals surface area contributed by atoms with Gasteiger partial charge in [0.25, 0.3) is 0 Å². The predicted molar refractivity (Wildman–Crippen MR) is 56.1 cm³/mol. The minimum absolute atomic E-state index is 0.157. The van der Waals surface area contributed by atoms with Crippen molar-refractivity contribution in [2.24, 2.45) is 5.41 Å². The van der Waals surface area contributed by atoms with Crippen LogP contribution in [0.1, 0.15) is 48.1 Å². The Labute approximate surface area is 97.8 Å². The van der Waals surface area contributed by atoms with E-state index >= 15 is 0 Å². The molecule has 3 nitrogen and oxygen atoms in total. The standard InChI is InChI=1S/C12H15F2NO2/c13-5-12(6-14)3-9(12)10-8(4-16)11(17-15-10)7-1-2-7/h7,9,16H,1-6H2. The largest absolute Gasteiger partial charge is 0.391 e. The molecule has 0 amide bonds. The fourth-order valence-electron chi connectivity index (χ4n) is 2.50. The molecule has 0 saturated heterocycles. The first-order chi connectivity index (χ1) is 8.25. The minimum Gasteiger partial charge on any atom is -0.391 e. The summed E-state index contributed by atoms with van der Waals surface area (Å²) in [7, 11) is 0. The molecule has 0 aromatic carbocycles. The van der Waals surface area contributed by atoms with Gasteiger partial charge in [-0.2, -0.15) is 0 Å². The van der Waals surface area contributed by atoms with Gasteiger partial charge in [-0.15, -0.1) is 0 Å². The van der Waals surface area contributed by atoms with Crippen LogP contribution in [0, 0.1) is 5.41 Å². The maximum atomic E-state index is 12.8. The Kier molecular flexibility index (Phi) is 2.47. The fourth-order valence-corrected chi connectivity index (χ4v) is 2.50. The molecule has 2 aliphatic carbocycles. The first-order valence-corrected chi connectivity index (χ1v) is 5.97. The number of aliphatic hydroxyl groups is 1. The van der Waals surface area contributed by atoms with E-state index in [0.717, 1.165) is 18.6 Å². The van der Waals surface area contributed by atoms with Gasteiger partial charge in [0.05, 0.1) is 25.6 Å². The lowest BCUT2D eigenvalue weighted by Crippen LogP contribution is -2.10. The molecular formula is C12H15F2NO2. The molecule has 0 spiro atoms. The van der Waals surface area contributed by atoms with E-state index in [4.69, 9.17) is 4.52 Å². The van der Waals surface area contributed by atoms with E-state index < -0.39 is 18.8 Å². The molecule has 2 aliphatic rings. The molecule has 2 fully saturated rings. The van der Waals surface area contributed by atoms with E-state index in [1.54, 1.807) is 0 Å². The Bertz CT molecular complexity index is 424. The summed E-state index contributed by atoms with van der Waals surface area (Å²) in [5, 5.41) is 13.3. The summed E-state index contributed by atoms with van der Waals surface area (Å²) >= 11 is 0. The third kappa shape index (κ3) is 1.59. The summed E-state index contributed by atoms with van der Waals surface area (Å²) in [5.74, 6) is 0.846. The van der Waals surface area contributed by atoms with Crippen molar-refractivity contribution >= 4 is 0 Å². The van der Waals surface area contributed by atoms with Crippen molar-refractivity contribution < 1.29 is 18.4 Å². The average Bonchev–Trinajstić information content (AvgIpc) is 3.27. The van der Waals surface area contributed by atoms with Crippen molar-refractivity contribution in [1.82, 2.24) is 5.16 Å². The number of hydrogen-bond acceptors (Lipinski definition) is 3. The number of alkyl halides is 2. The van der Waals surface area contributed by atoms with Crippen molar-refractivity contribution in [3.05, 3.63) is 17.0 Å². The number of hydrogen-bond donors (Lipinski definition) is 1. The summed E-state index contributed by atoms with van der Waals surface area (Å²) in [6.07, 6.45) is 2.55. The summed E-state index contributed by atoms with van der Waals surface area (Å²) < 4.78 is 30.9. The molecule has 3 rings (SSSR count). The van der Waals surface area contributed by atoms with E-state index in [9.17, 15) is 13.9 Å². The minimum atomic E-state index is -0.901. The van der Waals surface area contributed by atoms with Crippen molar-refractivity contribution in [2.45, 2.75) is 37.7 Å². The Morgan fingerprint density at radius 3 is 2.53 bits per heavy atom. The van der Waals surface area contributed by atoms with Crippen LogP contribution < -0.4 is 0 Å². The van der Waals surface area contributed by atoms with Crippen LogP contribution in [0.2, 0.25) is 0 Å². The van der Waals surface area contributed by atoms with Gasteiger partial charge in [0, 0.05) is 22.8 Å². The van der Waals surface area contributed by atoms with Crippen LogP contribution in [0.4, 0.5) is 8.78 Å². The Hall–Kier alpha value is -0.970. The molecule has 0 radical (unpaired) electrons. The van der Waals surface area contributed by atoms with Crippen molar-refractivity contribution in [3.63, 3.8) is 0 Å². The van der Waals surface area contributed by atoms with E-state index in [0.29, 0.717) is 23.6 Å². The lowest BCUT2D eigenvalue weighted by molar-refractivity contribution is 0.257. The zero-order chi connectivity index (χ0) is 12.0. The zero-order valence-corrected chi connectivity index (χ0v) is 9.46. The smallest absolute Gasteiger partial charge is 0.145 e. The average molecular weight is 243 g/mol. The topological polar surface area (TPSA) is 46.3 Å². The van der Waals surface area contributed by atoms with Crippen LogP contribution in [-0.2, 0) is 6.61 Å². The Morgan fingerprint density at radius 2 is 2.06 bits per heavy atom. The first-order valence-electron chi connectivity index (χ1n) is 5.97. The Balaban J connectivity index is 1.89. The van der Waals surface area contributed by atoms with Gasteiger partial charge in [0.15, 0.2) is 0 Å². The van der Waals surface area contributed by atoms with E-state index in [2.05, 4.69) is 5.16 Å². The molecule has 1 aromatic heterocycles. The second kappa shape index (κ2) is 3.77. The van der Waals surface area contributed by atoms with Gasteiger partial charge >= 0.3 is 0 Å². The van der Waals surface area contributed by atoms with Crippen LogP contribution in [0.15, 0.2) is 4.52 Å². The number of aliphatic hydroxyl groups excluding tert-OH is 1. The molecule has 94 valence electrons. The van der Waals surface area contributed by atoms with E-state index in [1.165, 1.54) is 0 Å². The van der Waals surface area contributed by atoms with Gasteiger partial charge in [0.1, 0.15) is 5.76 Å². The van der Waals surface area contributed by atoms with Gasteiger partial charge in [-0.05, 0) is 19.3 Å². The maximum Gasteiger partial charge on any atom is 0.145 e. The van der Waals surface area contributed by atoms with Crippen LogP contribution in [-0.4, -0.2) is 23.6 Å². The van der Waals surface area contributed by atoms with Crippen molar-refractivity contribution in [2.75, 3.05) is 13.3 Å². The summed E-state index contributed by atoms with van der Waals surface area (Å²) in [6.45, 7) is -1.51. The molecule has 1 unspecified atom stereocenters. The van der Waals surface area contributed by atoms with Gasteiger partial charge in [-0.3, -0.25) is 8.78 Å². The van der Waals surface area contributed by atoms with E-state index in [1.807, 2.05) is 0 Å². The third-order valence-corrected chi connectivity index (χ3v) is 4.01. The molecule has 1 atom stereocenters. The molecule has 0 bridgehead atoms. The number of halogens is 2.